The van der Waals surface area contributed by atoms with Crippen LogP contribution in [0.15, 0.2) is 24.3 Å². The van der Waals surface area contributed by atoms with Crippen LogP contribution in [0.4, 0.5) is 0 Å². The number of likely N-dealkylation sites (tertiary alicyclic amines) is 1. The van der Waals surface area contributed by atoms with E-state index in [0.717, 1.165) is 11.6 Å². The summed E-state index contributed by atoms with van der Waals surface area (Å²) in [6.07, 6.45) is 5.23. The van der Waals surface area contributed by atoms with E-state index in [0.29, 0.717) is 12.1 Å². The van der Waals surface area contributed by atoms with Gasteiger partial charge in [-0.15, -0.1) is 0 Å². The van der Waals surface area contributed by atoms with Gasteiger partial charge in [0.15, 0.2) is 0 Å². The first-order valence-electron chi connectivity index (χ1n) is 7.36. The molecule has 0 spiro atoms. The van der Waals surface area contributed by atoms with E-state index < -0.39 is 0 Å². The summed E-state index contributed by atoms with van der Waals surface area (Å²) in [7, 11) is 0. The van der Waals surface area contributed by atoms with Crippen molar-refractivity contribution < 1.29 is 0 Å². The van der Waals surface area contributed by atoms with E-state index in [1.807, 2.05) is 12.1 Å². The molecule has 1 aliphatic heterocycles. The van der Waals surface area contributed by atoms with Crippen LogP contribution in [-0.4, -0.2) is 23.5 Å². The summed E-state index contributed by atoms with van der Waals surface area (Å²) in [5, 5.41) is 0.788. The van der Waals surface area contributed by atoms with Gasteiger partial charge in [0.05, 0.1) is 0 Å². The van der Waals surface area contributed by atoms with Crippen LogP contribution in [0, 0.1) is 0 Å². The molecule has 1 aliphatic rings. The number of benzene rings is 1. The Labute approximate surface area is 121 Å². The Morgan fingerprint density at radius 2 is 1.89 bits per heavy atom. The molecule has 0 aliphatic carbocycles. The summed E-state index contributed by atoms with van der Waals surface area (Å²) < 4.78 is 0. The van der Waals surface area contributed by atoms with Crippen molar-refractivity contribution >= 4 is 11.6 Å². The van der Waals surface area contributed by atoms with Crippen molar-refractivity contribution in [1.82, 2.24) is 4.90 Å². The van der Waals surface area contributed by atoms with Gasteiger partial charge < -0.3 is 5.73 Å². The maximum atomic E-state index is 6.28. The molecule has 1 fully saturated rings. The molecule has 1 aromatic carbocycles. The standard InChI is InChI=1S/C16H25ClN2/c1-12-6-4-3-5-11-19(12)16(13(2)18)14-7-9-15(17)10-8-14/h7-10,12-13,16H,3-6,11,18H2,1-2H3. The summed E-state index contributed by atoms with van der Waals surface area (Å²) in [5.41, 5.74) is 7.56. The van der Waals surface area contributed by atoms with Crippen LogP contribution in [0.3, 0.4) is 0 Å². The molecule has 0 radical (unpaired) electrons. The number of rotatable bonds is 3. The smallest absolute Gasteiger partial charge is 0.0499 e. The van der Waals surface area contributed by atoms with Crippen molar-refractivity contribution in [1.29, 1.82) is 0 Å². The van der Waals surface area contributed by atoms with Crippen molar-refractivity contribution in [2.24, 2.45) is 5.73 Å². The molecule has 3 unspecified atom stereocenters. The van der Waals surface area contributed by atoms with Crippen LogP contribution < -0.4 is 5.73 Å². The highest BCUT2D eigenvalue weighted by atomic mass is 35.5. The van der Waals surface area contributed by atoms with Crippen LogP contribution >= 0.6 is 11.6 Å². The van der Waals surface area contributed by atoms with E-state index in [2.05, 4.69) is 30.9 Å². The average molecular weight is 281 g/mol. The van der Waals surface area contributed by atoms with Crippen molar-refractivity contribution in [2.45, 2.75) is 57.7 Å². The molecule has 106 valence electrons. The summed E-state index contributed by atoms with van der Waals surface area (Å²) in [6.45, 7) is 5.59. The fourth-order valence-electron chi connectivity index (χ4n) is 3.17. The van der Waals surface area contributed by atoms with Crippen molar-refractivity contribution in [2.75, 3.05) is 6.54 Å². The van der Waals surface area contributed by atoms with Gasteiger partial charge in [-0.2, -0.15) is 0 Å². The highest BCUT2D eigenvalue weighted by Crippen LogP contribution is 2.30. The largest absolute Gasteiger partial charge is 0.326 e. The third-order valence-corrected chi connectivity index (χ3v) is 4.42. The number of nitrogens with zero attached hydrogens (tertiary/aromatic N) is 1. The summed E-state index contributed by atoms with van der Waals surface area (Å²) in [6, 6.07) is 9.20. The zero-order valence-electron chi connectivity index (χ0n) is 12.0. The Morgan fingerprint density at radius 1 is 1.21 bits per heavy atom. The molecule has 19 heavy (non-hydrogen) atoms. The van der Waals surface area contributed by atoms with Gasteiger partial charge in [0.1, 0.15) is 0 Å². The number of hydrogen-bond acceptors (Lipinski definition) is 2. The second-order valence-electron chi connectivity index (χ2n) is 5.79. The minimum absolute atomic E-state index is 0.127. The third kappa shape index (κ3) is 3.71. The lowest BCUT2D eigenvalue weighted by molar-refractivity contribution is 0.130. The molecular weight excluding hydrogens is 256 g/mol. The Bertz CT molecular complexity index is 388. The Hall–Kier alpha value is -0.570. The molecule has 2 N–H and O–H groups in total. The van der Waals surface area contributed by atoms with Crippen molar-refractivity contribution in [3.05, 3.63) is 34.9 Å². The normalized spacial score (nSPS) is 24.7. The molecule has 0 saturated carbocycles. The van der Waals surface area contributed by atoms with Crippen LogP contribution in [0.2, 0.25) is 5.02 Å². The number of halogens is 1. The molecule has 1 heterocycles. The SMILES string of the molecule is CC(N)C(c1ccc(Cl)cc1)N1CCCCCC1C. The first kappa shape index (κ1) is 14.8. The average Bonchev–Trinajstić information content (AvgIpc) is 2.57. The van der Waals surface area contributed by atoms with Crippen LogP contribution in [0.25, 0.3) is 0 Å². The number of hydrogen-bond donors (Lipinski definition) is 1. The first-order valence-corrected chi connectivity index (χ1v) is 7.74. The molecule has 1 saturated heterocycles. The van der Waals surface area contributed by atoms with Gasteiger partial charge in [0, 0.05) is 23.1 Å². The van der Waals surface area contributed by atoms with E-state index in [-0.39, 0.29) is 6.04 Å². The second-order valence-corrected chi connectivity index (χ2v) is 6.23. The molecule has 0 amide bonds. The quantitative estimate of drug-likeness (QED) is 0.907. The maximum Gasteiger partial charge on any atom is 0.0499 e. The monoisotopic (exact) mass is 280 g/mol. The zero-order chi connectivity index (χ0) is 13.8. The van der Waals surface area contributed by atoms with Gasteiger partial charge in [-0.1, -0.05) is 36.6 Å². The van der Waals surface area contributed by atoms with Gasteiger partial charge in [0.25, 0.3) is 0 Å². The highest BCUT2D eigenvalue weighted by Gasteiger charge is 2.28. The Balaban J connectivity index is 2.25. The lowest BCUT2D eigenvalue weighted by atomic mass is 9.97. The fraction of sp³-hybridized carbons (Fsp3) is 0.625. The minimum Gasteiger partial charge on any atom is -0.326 e. The predicted octanol–water partition coefficient (Wildman–Crippen LogP) is 3.99. The highest BCUT2D eigenvalue weighted by molar-refractivity contribution is 6.30. The van der Waals surface area contributed by atoms with Gasteiger partial charge in [-0.3, -0.25) is 4.90 Å². The van der Waals surface area contributed by atoms with Crippen LogP contribution in [0.1, 0.15) is 51.1 Å². The molecule has 3 atom stereocenters. The Morgan fingerprint density at radius 3 is 2.53 bits per heavy atom. The van der Waals surface area contributed by atoms with E-state index >= 15 is 0 Å². The molecule has 0 aromatic heterocycles. The molecule has 1 aromatic rings. The lowest BCUT2D eigenvalue weighted by Gasteiger charge is -2.38. The topological polar surface area (TPSA) is 29.3 Å². The molecule has 3 heteroatoms. The molecule has 0 bridgehead atoms. The van der Waals surface area contributed by atoms with E-state index in [4.69, 9.17) is 17.3 Å². The zero-order valence-corrected chi connectivity index (χ0v) is 12.7. The molecule has 2 rings (SSSR count). The van der Waals surface area contributed by atoms with Crippen molar-refractivity contribution in [3.63, 3.8) is 0 Å². The van der Waals surface area contributed by atoms with Gasteiger partial charge >= 0.3 is 0 Å². The lowest BCUT2D eigenvalue weighted by Crippen LogP contribution is -2.44. The fourth-order valence-corrected chi connectivity index (χ4v) is 3.29. The summed E-state index contributed by atoms with van der Waals surface area (Å²) >= 11 is 5.99. The van der Waals surface area contributed by atoms with E-state index in [1.165, 1.54) is 31.2 Å². The van der Waals surface area contributed by atoms with Crippen LogP contribution in [-0.2, 0) is 0 Å². The molecule has 2 nitrogen and oxygen atoms in total. The van der Waals surface area contributed by atoms with Crippen LogP contribution in [0.5, 0.6) is 0 Å². The van der Waals surface area contributed by atoms with Gasteiger partial charge in [0.2, 0.25) is 0 Å². The minimum atomic E-state index is 0.127. The van der Waals surface area contributed by atoms with Crippen molar-refractivity contribution in [3.8, 4) is 0 Å². The Kier molecular flexibility index (Phi) is 5.26. The summed E-state index contributed by atoms with van der Waals surface area (Å²) in [4.78, 5) is 2.58. The molecular formula is C16H25ClN2. The second kappa shape index (κ2) is 6.74. The predicted molar refractivity (Wildman–Crippen MR) is 82.5 cm³/mol. The van der Waals surface area contributed by atoms with E-state index in [9.17, 15) is 0 Å². The first-order chi connectivity index (χ1) is 9.09. The van der Waals surface area contributed by atoms with Gasteiger partial charge in [-0.05, 0) is 50.9 Å². The summed E-state index contributed by atoms with van der Waals surface area (Å²) in [5.74, 6) is 0. The number of nitrogens with two attached hydrogens (primary N) is 1. The maximum absolute atomic E-state index is 6.28. The van der Waals surface area contributed by atoms with Gasteiger partial charge in [-0.25, -0.2) is 0 Å². The van der Waals surface area contributed by atoms with E-state index in [1.54, 1.807) is 0 Å². The third-order valence-electron chi connectivity index (χ3n) is 4.17.